The maximum Gasteiger partial charge on any atom is 0.173 e. The molecule has 29 heavy (non-hydrogen) atoms. The van der Waals surface area contributed by atoms with Crippen molar-refractivity contribution in [3.63, 3.8) is 0 Å². The summed E-state index contributed by atoms with van der Waals surface area (Å²) in [5.41, 5.74) is 3.75. The minimum atomic E-state index is -0.229. The van der Waals surface area contributed by atoms with Crippen LogP contribution in [0.5, 0.6) is 11.5 Å². The predicted molar refractivity (Wildman–Crippen MR) is 107 cm³/mol. The highest BCUT2D eigenvalue weighted by Gasteiger charge is 2.32. The minimum Gasteiger partial charge on any atom is -0.493 e. The summed E-state index contributed by atoms with van der Waals surface area (Å²) in [7, 11) is 3.17. The normalized spacial score (nSPS) is 15.3. The molecular formula is C24H23FNO3+. The fourth-order valence-corrected chi connectivity index (χ4v) is 3.92. The van der Waals surface area contributed by atoms with Crippen molar-refractivity contribution in [2.24, 2.45) is 5.92 Å². The lowest BCUT2D eigenvalue weighted by Crippen LogP contribution is -2.33. The summed E-state index contributed by atoms with van der Waals surface area (Å²) >= 11 is 0. The van der Waals surface area contributed by atoms with Gasteiger partial charge in [-0.05, 0) is 48.2 Å². The SMILES string of the molecule is COc1cc2c(cc1OC)C(=O)C(Cc1cc[n+](Cc3cccc(F)c3)cc1)C2. The van der Waals surface area contributed by atoms with Crippen molar-refractivity contribution in [3.05, 3.63) is 89.0 Å². The predicted octanol–water partition coefficient (Wildman–Crippen LogP) is 3.78. The molecule has 2 aromatic carbocycles. The molecule has 0 amide bonds. The first-order valence-corrected chi connectivity index (χ1v) is 9.59. The molecule has 0 saturated carbocycles. The van der Waals surface area contributed by atoms with Gasteiger partial charge in [0.1, 0.15) is 5.82 Å². The molecule has 4 nitrogen and oxygen atoms in total. The number of carbonyl (C=O) groups is 1. The van der Waals surface area contributed by atoms with Crippen molar-refractivity contribution in [1.29, 1.82) is 0 Å². The van der Waals surface area contributed by atoms with Gasteiger partial charge >= 0.3 is 0 Å². The first kappa shape index (κ1) is 19.1. The van der Waals surface area contributed by atoms with Crippen LogP contribution in [0.15, 0.2) is 60.9 Å². The number of pyridine rings is 1. The van der Waals surface area contributed by atoms with E-state index in [0.717, 1.165) is 22.3 Å². The topological polar surface area (TPSA) is 39.4 Å². The summed E-state index contributed by atoms with van der Waals surface area (Å²) in [5.74, 6) is 1.07. The van der Waals surface area contributed by atoms with E-state index in [9.17, 15) is 9.18 Å². The molecular weight excluding hydrogens is 369 g/mol. The lowest BCUT2D eigenvalue weighted by molar-refractivity contribution is -0.688. The number of ether oxygens (including phenoxy) is 2. The number of hydrogen-bond acceptors (Lipinski definition) is 3. The summed E-state index contributed by atoms with van der Waals surface area (Å²) in [6.45, 7) is 0.603. The van der Waals surface area contributed by atoms with Crippen LogP contribution in [-0.4, -0.2) is 20.0 Å². The summed E-state index contributed by atoms with van der Waals surface area (Å²) in [4.78, 5) is 12.9. The molecule has 1 aliphatic carbocycles. The monoisotopic (exact) mass is 392 g/mol. The second kappa shape index (κ2) is 8.03. The molecule has 1 aromatic heterocycles. The molecule has 0 N–H and O–H groups in total. The van der Waals surface area contributed by atoms with Gasteiger partial charge in [0.05, 0.1) is 14.2 Å². The number of carbonyl (C=O) groups excluding carboxylic acids is 1. The Kier molecular flexibility index (Phi) is 5.30. The van der Waals surface area contributed by atoms with Gasteiger partial charge in [-0.1, -0.05) is 12.1 Å². The maximum absolute atomic E-state index is 13.3. The highest BCUT2D eigenvalue weighted by Crippen LogP contribution is 2.37. The number of aromatic nitrogens is 1. The van der Waals surface area contributed by atoms with Gasteiger partial charge in [-0.15, -0.1) is 0 Å². The number of ketones is 1. The zero-order valence-corrected chi connectivity index (χ0v) is 16.5. The summed E-state index contributed by atoms with van der Waals surface area (Å²) in [5, 5.41) is 0. The Morgan fingerprint density at radius 1 is 1.00 bits per heavy atom. The molecule has 4 rings (SSSR count). The number of Topliss-reactive ketones (excluding diaryl/α,β-unsaturated/α-hetero) is 1. The second-order valence-electron chi connectivity index (χ2n) is 7.34. The third-order valence-corrected chi connectivity index (χ3v) is 5.41. The van der Waals surface area contributed by atoms with E-state index in [0.29, 0.717) is 30.9 Å². The molecule has 0 saturated heterocycles. The molecule has 5 heteroatoms. The second-order valence-corrected chi connectivity index (χ2v) is 7.34. The zero-order chi connectivity index (χ0) is 20.4. The summed E-state index contributed by atoms with van der Waals surface area (Å²) < 4.78 is 26.0. The molecule has 1 unspecified atom stereocenters. The van der Waals surface area contributed by atoms with E-state index >= 15 is 0 Å². The largest absolute Gasteiger partial charge is 0.493 e. The van der Waals surface area contributed by atoms with Gasteiger partial charge < -0.3 is 9.47 Å². The molecule has 3 aromatic rings. The fraction of sp³-hybridized carbons (Fsp3) is 0.250. The fourth-order valence-electron chi connectivity index (χ4n) is 3.92. The molecule has 0 aliphatic heterocycles. The van der Waals surface area contributed by atoms with Crippen molar-refractivity contribution in [2.75, 3.05) is 14.2 Å². The van der Waals surface area contributed by atoms with E-state index in [1.807, 2.05) is 41.2 Å². The van der Waals surface area contributed by atoms with Crippen molar-refractivity contribution in [2.45, 2.75) is 19.4 Å². The van der Waals surface area contributed by atoms with E-state index < -0.39 is 0 Å². The third kappa shape index (κ3) is 3.99. The zero-order valence-electron chi connectivity index (χ0n) is 16.5. The smallest absolute Gasteiger partial charge is 0.173 e. The Morgan fingerprint density at radius 2 is 1.72 bits per heavy atom. The number of halogens is 1. The molecule has 1 atom stereocenters. The van der Waals surface area contributed by atoms with Crippen LogP contribution in [0, 0.1) is 11.7 Å². The number of rotatable bonds is 6. The summed E-state index contributed by atoms with van der Waals surface area (Å²) in [6, 6.07) is 14.3. The highest BCUT2D eigenvalue weighted by atomic mass is 19.1. The Hall–Kier alpha value is -3.21. The average molecular weight is 392 g/mol. The van der Waals surface area contributed by atoms with Crippen molar-refractivity contribution >= 4 is 5.78 Å². The van der Waals surface area contributed by atoms with E-state index in [4.69, 9.17) is 9.47 Å². The lowest BCUT2D eigenvalue weighted by atomic mass is 9.96. The molecule has 0 bridgehead atoms. The van der Waals surface area contributed by atoms with E-state index in [1.165, 1.54) is 12.1 Å². The Bertz CT molecular complexity index is 1050. The first-order chi connectivity index (χ1) is 14.1. The molecule has 148 valence electrons. The van der Waals surface area contributed by atoms with Crippen molar-refractivity contribution in [3.8, 4) is 11.5 Å². The molecule has 1 heterocycles. The van der Waals surface area contributed by atoms with Crippen molar-refractivity contribution in [1.82, 2.24) is 0 Å². The number of benzene rings is 2. The number of fused-ring (bicyclic) bond motifs is 1. The first-order valence-electron chi connectivity index (χ1n) is 9.59. The number of hydrogen-bond donors (Lipinski definition) is 0. The van der Waals surface area contributed by atoms with Crippen LogP contribution in [-0.2, 0) is 19.4 Å². The van der Waals surface area contributed by atoms with Gasteiger partial charge in [0.25, 0.3) is 0 Å². The highest BCUT2D eigenvalue weighted by molar-refractivity contribution is 6.03. The Labute approximate surface area is 169 Å². The molecule has 1 aliphatic rings. The molecule has 0 spiro atoms. The van der Waals surface area contributed by atoms with Crippen molar-refractivity contribution < 1.29 is 23.2 Å². The maximum atomic E-state index is 13.3. The van der Waals surface area contributed by atoms with Gasteiger partial charge in [0.15, 0.2) is 36.2 Å². The van der Waals surface area contributed by atoms with Crippen LogP contribution in [0.3, 0.4) is 0 Å². The minimum absolute atomic E-state index is 0.0825. The van der Waals surface area contributed by atoms with Gasteiger partial charge in [0, 0.05) is 29.2 Å². The molecule has 0 fully saturated rings. The third-order valence-electron chi connectivity index (χ3n) is 5.41. The van der Waals surface area contributed by atoms with Crippen LogP contribution < -0.4 is 14.0 Å². The standard InChI is InChI=1S/C24H23FNO3/c1-28-22-13-18-12-19(24(27)21(18)14-23(22)29-2)10-16-6-8-26(9-7-16)15-17-4-3-5-20(25)11-17/h3-9,11,13-14,19H,10,12,15H2,1-2H3/q+1. The average Bonchev–Trinajstić information content (AvgIpc) is 3.03. The quantitative estimate of drug-likeness (QED) is 0.600. The number of nitrogens with zero attached hydrogens (tertiary/aromatic N) is 1. The van der Waals surface area contributed by atoms with Gasteiger partial charge in [-0.2, -0.15) is 0 Å². The summed E-state index contributed by atoms with van der Waals surface area (Å²) in [6.07, 6.45) is 5.32. The molecule has 0 radical (unpaired) electrons. The van der Waals surface area contributed by atoms with Gasteiger partial charge in [-0.3, -0.25) is 4.79 Å². The Balaban J connectivity index is 1.46. The van der Waals surface area contributed by atoms with Crippen LogP contribution in [0.25, 0.3) is 0 Å². The number of methoxy groups -OCH3 is 2. The van der Waals surface area contributed by atoms with Crippen LogP contribution >= 0.6 is 0 Å². The lowest BCUT2D eigenvalue weighted by Gasteiger charge is -2.09. The van der Waals surface area contributed by atoms with E-state index in [2.05, 4.69) is 0 Å². The van der Waals surface area contributed by atoms with E-state index in [1.54, 1.807) is 26.4 Å². The van der Waals surface area contributed by atoms with Gasteiger partial charge in [0.2, 0.25) is 0 Å². The van der Waals surface area contributed by atoms with Crippen LogP contribution in [0.2, 0.25) is 0 Å². The van der Waals surface area contributed by atoms with Crippen LogP contribution in [0.4, 0.5) is 4.39 Å². The van der Waals surface area contributed by atoms with Gasteiger partial charge in [-0.25, -0.2) is 8.96 Å². The van der Waals surface area contributed by atoms with Crippen LogP contribution in [0.1, 0.15) is 27.0 Å². The van der Waals surface area contributed by atoms with E-state index in [-0.39, 0.29) is 17.5 Å². The Morgan fingerprint density at radius 3 is 2.41 bits per heavy atom.